The van der Waals surface area contributed by atoms with Crippen LogP contribution in [0, 0.1) is 11.8 Å². The maximum atomic E-state index is 9.93. The van der Waals surface area contributed by atoms with Gasteiger partial charge in [-0.15, -0.1) is 0 Å². The summed E-state index contributed by atoms with van der Waals surface area (Å²) in [4.78, 5) is 0. The summed E-state index contributed by atoms with van der Waals surface area (Å²) >= 11 is 0. The third kappa shape index (κ3) is 4.34. The minimum absolute atomic E-state index is 0.00805. The van der Waals surface area contributed by atoms with Crippen LogP contribution in [0.1, 0.15) is 12.8 Å². The zero-order valence-electron chi connectivity index (χ0n) is 12.0. The molecule has 0 aromatic carbocycles. The number of hydrogen-bond acceptors (Lipinski definition) is 9. The van der Waals surface area contributed by atoms with Crippen LogP contribution < -0.4 is 0 Å². The molecule has 22 heavy (non-hydrogen) atoms. The minimum atomic E-state index is -1.77. The van der Waals surface area contributed by atoms with Crippen molar-refractivity contribution in [3.05, 3.63) is 0 Å². The predicted octanol–water partition coefficient (Wildman–Crippen LogP) is -4.48. The van der Waals surface area contributed by atoms with Crippen LogP contribution in [0.2, 0.25) is 0 Å². The maximum Gasteiger partial charge on any atom is 0.110 e. The predicted molar refractivity (Wildman–Crippen MR) is 72.4 cm³/mol. The normalized spacial score (nSPS) is 38.3. The van der Waals surface area contributed by atoms with Gasteiger partial charge in [-0.3, -0.25) is 0 Å². The second-order valence-corrected chi connectivity index (χ2v) is 5.92. The Kier molecular flexibility index (Phi) is 7.59. The molecule has 1 fully saturated rings. The smallest absolute Gasteiger partial charge is 0.110 e. The van der Waals surface area contributed by atoms with E-state index < -0.39 is 67.8 Å². The highest BCUT2D eigenvalue weighted by Crippen LogP contribution is 2.34. The molecule has 1 saturated carbocycles. The van der Waals surface area contributed by atoms with Gasteiger partial charge in [0.05, 0.1) is 24.9 Å². The summed E-state index contributed by atoms with van der Waals surface area (Å²) in [5, 5.41) is 85.5. The van der Waals surface area contributed by atoms with Gasteiger partial charge >= 0.3 is 0 Å². The van der Waals surface area contributed by atoms with Crippen molar-refractivity contribution in [3.8, 4) is 0 Å². The lowest BCUT2D eigenvalue weighted by atomic mass is 9.72. The first-order valence-electron chi connectivity index (χ1n) is 7.22. The Morgan fingerprint density at radius 3 is 1.86 bits per heavy atom. The lowest BCUT2D eigenvalue weighted by Gasteiger charge is -2.41. The molecule has 0 aromatic heterocycles. The molecule has 1 rings (SSSR count). The van der Waals surface area contributed by atoms with Crippen molar-refractivity contribution in [1.29, 1.82) is 0 Å². The molecule has 0 saturated heterocycles. The summed E-state index contributed by atoms with van der Waals surface area (Å²) in [6.07, 6.45) is -10.9. The van der Waals surface area contributed by atoms with Gasteiger partial charge in [-0.25, -0.2) is 0 Å². The van der Waals surface area contributed by atoms with Crippen molar-refractivity contribution in [3.63, 3.8) is 0 Å². The van der Waals surface area contributed by atoms with E-state index in [9.17, 15) is 40.9 Å². The maximum absolute atomic E-state index is 9.93. The average molecular weight is 326 g/mol. The van der Waals surface area contributed by atoms with Crippen molar-refractivity contribution in [2.45, 2.75) is 55.6 Å². The lowest BCUT2D eigenvalue weighted by Crippen LogP contribution is -2.53. The van der Waals surface area contributed by atoms with Crippen LogP contribution in [0.5, 0.6) is 0 Å². The van der Waals surface area contributed by atoms with E-state index in [-0.39, 0.29) is 12.8 Å². The topological polar surface area (TPSA) is 182 Å². The van der Waals surface area contributed by atoms with Gasteiger partial charge in [0.1, 0.15) is 24.4 Å². The van der Waals surface area contributed by atoms with E-state index in [2.05, 4.69) is 0 Å². The molecule has 9 N–H and O–H groups in total. The third-order valence-corrected chi connectivity index (χ3v) is 4.41. The molecule has 1 aliphatic rings. The second kappa shape index (κ2) is 8.48. The van der Waals surface area contributed by atoms with Crippen molar-refractivity contribution < 1.29 is 46.0 Å². The van der Waals surface area contributed by atoms with E-state index >= 15 is 0 Å². The highest BCUT2D eigenvalue weighted by atomic mass is 16.4. The Hall–Kier alpha value is -0.360. The van der Waals surface area contributed by atoms with Crippen LogP contribution in [-0.2, 0) is 0 Å². The number of aliphatic hydroxyl groups is 9. The summed E-state index contributed by atoms with van der Waals surface area (Å²) < 4.78 is 0. The Balaban J connectivity index is 2.70. The lowest BCUT2D eigenvalue weighted by molar-refractivity contribution is -0.155. The fraction of sp³-hybridized carbons (Fsp3) is 1.00. The molecule has 0 unspecified atom stereocenters. The van der Waals surface area contributed by atoms with Gasteiger partial charge in [0.25, 0.3) is 0 Å². The van der Waals surface area contributed by atoms with E-state index in [4.69, 9.17) is 5.11 Å². The molecule has 132 valence electrons. The molecule has 9 nitrogen and oxygen atoms in total. The highest BCUT2D eigenvalue weighted by molar-refractivity contribution is 4.94. The van der Waals surface area contributed by atoms with Gasteiger partial charge in [0.15, 0.2) is 0 Å². The van der Waals surface area contributed by atoms with Crippen LogP contribution in [0.3, 0.4) is 0 Å². The Bertz CT molecular complexity index is 329. The monoisotopic (exact) mass is 326 g/mol. The quantitative estimate of drug-likeness (QED) is 0.223. The number of hydrogen-bond donors (Lipinski definition) is 9. The van der Waals surface area contributed by atoms with Gasteiger partial charge in [-0.05, 0) is 18.8 Å². The zero-order valence-corrected chi connectivity index (χ0v) is 12.0. The minimum Gasteiger partial charge on any atom is -0.396 e. The Labute approximate surface area is 127 Å². The molecule has 0 aromatic rings. The Morgan fingerprint density at radius 1 is 0.818 bits per heavy atom. The fourth-order valence-electron chi connectivity index (χ4n) is 2.93. The summed E-state index contributed by atoms with van der Waals surface area (Å²) in [6, 6.07) is 0. The van der Waals surface area contributed by atoms with Crippen LogP contribution >= 0.6 is 0 Å². The second-order valence-electron chi connectivity index (χ2n) is 5.92. The first kappa shape index (κ1) is 19.7. The van der Waals surface area contributed by atoms with Crippen LogP contribution in [-0.4, -0.2) is 102 Å². The molecule has 0 heterocycles. The highest BCUT2D eigenvalue weighted by Gasteiger charge is 2.44. The van der Waals surface area contributed by atoms with E-state index in [0.29, 0.717) is 0 Å². The van der Waals surface area contributed by atoms with E-state index in [0.717, 1.165) is 0 Å². The number of rotatable bonds is 7. The molecule has 0 radical (unpaired) electrons. The third-order valence-electron chi connectivity index (χ3n) is 4.41. The molecule has 9 atom stereocenters. The molecule has 0 amide bonds. The van der Waals surface area contributed by atoms with E-state index in [1.54, 1.807) is 0 Å². The molecule has 1 aliphatic carbocycles. The van der Waals surface area contributed by atoms with Crippen molar-refractivity contribution in [2.24, 2.45) is 11.8 Å². The van der Waals surface area contributed by atoms with Gasteiger partial charge < -0.3 is 46.0 Å². The first-order valence-corrected chi connectivity index (χ1v) is 7.22. The number of aliphatic hydroxyl groups excluding tert-OH is 9. The van der Waals surface area contributed by atoms with Crippen LogP contribution in [0.15, 0.2) is 0 Å². The van der Waals surface area contributed by atoms with Crippen molar-refractivity contribution in [2.75, 3.05) is 13.2 Å². The van der Waals surface area contributed by atoms with Crippen molar-refractivity contribution in [1.82, 2.24) is 0 Å². The molecular weight excluding hydrogens is 300 g/mol. The molecular formula is C13H26O9. The van der Waals surface area contributed by atoms with E-state index in [1.807, 2.05) is 0 Å². The standard InChI is InChI=1S/C13H26O9/c14-3-6-5(1-7(16)11(20)10(6)19)2-8(17)12(21)13(22)9(18)4-15/h5-22H,1-4H2/t5-,6-,7-,8+,9-,10-,11-,12-,13-/m1/s1. The van der Waals surface area contributed by atoms with Crippen LogP contribution in [0.4, 0.5) is 0 Å². The molecule has 0 bridgehead atoms. The molecule has 9 heteroatoms. The summed E-state index contributed by atoms with van der Waals surface area (Å²) in [5.74, 6) is -1.42. The average Bonchev–Trinajstić information content (AvgIpc) is 2.50. The van der Waals surface area contributed by atoms with E-state index in [1.165, 1.54) is 0 Å². The van der Waals surface area contributed by atoms with Crippen LogP contribution in [0.25, 0.3) is 0 Å². The summed E-state index contributed by atoms with van der Waals surface area (Å²) in [6.45, 7) is -1.28. The first-order chi connectivity index (χ1) is 10.2. The van der Waals surface area contributed by atoms with Crippen molar-refractivity contribution >= 4 is 0 Å². The SMILES string of the molecule is OC[C@@H]1[C@@H](C[C@H](O)[C@@H](O)[C@H](O)[C@H](O)CO)C[C@@H](O)[C@@H](O)[C@@H]1O. The largest absolute Gasteiger partial charge is 0.396 e. The van der Waals surface area contributed by atoms with Gasteiger partial charge in [0.2, 0.25) is 0 Å². The molecule has 0 spiro atoms. The summed E-state index contributed by atoms with van der Waals surface area (Å²) in [7, 11) is 0. The fourth-order valence-corrected chi connectivity index (χ4v) is 2.93. The van der Waals surface area contributed by atoms with Gasteiger partial charge in [0, 0.05) is 12.5 Å². The molecule has 0 aliphatic heterocycles. The zero-order chi connectivity index (χ0) is 17.0. The Morgan fingerprint density at radius 2 is 1.36 bits per heavy atom. The van der Waals surface area contributed by atoms with Gasteiger partial charge in [-0.2, -0.15) is 0 Å². The summed E-state index contributed by atoms with van der Waals surface area (Å²) in [5.41, 5.74) is 0. The van der Waals surface area contributed by atoms with Gasteiger partial charge in [-0.1, -0.05) is 0 Å².